The van der Waals surface area contributed by atoms with Gasteiger partial charge in [0.2, 0.25) is 0 Å². The minimum atomic E-state index is -0.399. The molecule has 2 heterocycles. The van der Waals surface area contributed by atoms with Crippen molar-refractivity contribution in [2.75, 3.05) is 0 Å². The Hall–Kier alpha value is -2.93. The Morgan fingerprint density at radius 3 is 2.81 bits per heavy atom. The summed E-state index contributed by atoms with van der Waals surface area (Å²) in [6.07, 6.45) is 3.18. The zero-order valence-electron chi connectivity index (χ0n) is 13.9. The lowest BCUT2D eigenvalue weighted by molar-refractivity contribution is 0.0995. The number of hydrogen-bond donors (Lipinski definition) is 1. The highest BCUT2D eigenvalue weighted by Crippen LogP contribution is 2.29. The first kappa shape index (κ1) is 16.5. The third-order valence-electron chi connectivity index (χ3n) is 4.13. The highest BCUT2D eigenvalue weighted by Gasteiger charge is 2.22. The van der Waals surface area contributed by atoms with Crippen LogP contribution < -0.4 is 0 Å². The molecule has 130 valence electrons. The number of aromatic amines is 1. The van der Waals surface area contributed by atoms with Gasteiger partial charge in [-0.3, -0.25) is 9.36 Å². The number of benzene rings is 2. The molecule has 0 radical (unpaired) electrons. The molecule has 0 amide bonds. The highest BCUT2D eigenvalue weighted by molar-refractivity contribution is 8.00. The number of nitrogens with zero attached hydrogens (tertiary/aromatic N) is 3. The van der Waals surface area contributed by atoms with E-state index >= 15 is 0 Å². The maximum Gasteiger partial charge on any atom is 0.196 e. The van der Waals surface area contributed by atoms with Crippen LogP contribution in [-0.4, -0.2) is 30.8 Å². The molecule has 1 N–H and O–H groups in total. The van der Waals surface area contributed by atoms with Gasteiger partial charge in [-0.2, -0.15) is 0 Å². The Labute approximate surface area is 153 Å². The van der Waals surface area contributed by atoms with Crippen molar-refractivity contribution in [3.05, 3.63) is 72.4 Å². The molecule has 26 heavy (non-hydrogen) atoms. The van der Waals surface area contributed by atoms with Crippen molar-refractivity contribution in [3.63, 3.8) is 0 Å². The molecule has 2 aromatic heterocycles. The smallest absolute Gasteiger partial charge is 0.196 e. The topological polar surface area (TPSA) is 63.6 Å². The first-order valence-corrected chi connectivity index (χ1v) is 8.95. The Morgan fingerprint density at radius 2 is 1.96 bits per heavy atom. The van der Waals surface area contributed by atoms with Crippen molar-refractivity contribution in [2.45, 2.75) is 17.3 Å². The van der Waals surface area contributed by atoms with Gasteiger partial charge in [0.25, 0.3) is 0 Å². The van der Waals surface area contributed by atoms with Crippen LogP contribution in [0.1, 0.15) is 17.3 Å². The van der Waals surface area contributed by atoms with Gasteiger partial charge in [0.15, 0.2) is 10.9 Å². The summed E-state index contributed by atoms with van der Waals surface area (Å²) in [6.45, 7) is 1.81. The van der Waals surface area contributed by atoms with Crippen molar-refractivity contribution in [1.29, 1.82) is 0 Å². The molecule has 0 aliphatic heterocycles. The molecule has 0 spiro atoms. The zero-order chi connectivity index (χ0) is 18.1. The number of ketones is 1. The molecule has 0 fully saturated rings. The summed E-state index contributed by atoms with van der Waals surface area (Å²) in [4.78, 5) is 16.0. The molecule has 0 saturated carbocycles. The molecule has 0 aliphatic carbocycles. The predicted octanol–water partition coefficient (Wildman–Crippen LogP) is 4.25. The lowest BCUT2D eigenvalue weighted by atomic mass is 10.1. The van der Waals surface area contributed by atoms with Crippen molar-refractivity contribution in [2.24, 2.45) is 0 Å². The molecular formula is C19H15FN4OS. The standard InChI is InChI=1S/C19H15FN4OS/c1-12(18(25)14-10-21-16-8-4-2-6-13(14)16)26-19-23-22-11-24(19)17-9-5-3-7-15(17)20/h2-12,21H,1H3. The van der Waals surface area contributed by atoms with Gasteiger partial charge in [-0.25, -0.2) is 4.39 Å². The fourth-order valence-electron chi connectivity index (χ4n) is 2.82. The Kier molecular flexibility index (Phi) is 4.30. The van der Waals surface area contributed by atoms with Crippen LogP contribution in [0.25, 0.3) is 16.6 Å². The van der Waals surface area contributed by atoms with Crippen LogP contribution in [-0.2, 0) is 0 Å². The first-order valence-electron chi connectivity index (χ1n) is 8.07. The summed E-state index contributed by atoms with van der Waals surface area (Å²) in [7, 11) is 0. The van der Waals surface area contributed by atoms with E-state index < -0.39 is 5.25 Å². The van der Waals surface area contributed by atoms with E-state index in [2.05, 4.69) is 15.2 Å². The normalized spacial score (nSPS) is 12.4. The Bertz CT molecular complexity index is 1090. The Balaban J connectivity index is 1.61. The summed E-state index contributed by atoms with van der Waals surface area (Å²) in [6, 6.07) is 14.1. The lowest BCUT2D eigenvalue weighted by Crippen LogP contribution is -2.14. The summed E-state index contributed by atoms with van der Waals surface area (Å²) in [5, 5.41) is 8.88. The SMILES string of the molecule is CC(Sc1nncn1-c1ccccc1F)C(=O)c1c[nH]c2ccccc12. The van der Waals surface area contributed by atoms with Gasteiger partial charge >= 0.3 is 0 Å². The van der Waals surface area contributed by atoms with Crippen LogP contribution in [0.2, 0.25) is 0 Å². The van der Waals surface area contributed by atoms with Gasteiger partial charge < -0.3 is 4.98 Å². The summed E-state index contributed by atoms with van der Waals surface area (Å²) < 4.78 is 15.6. The van der Waals surface area contributed by atoms with Crippen LogP contribution in [0.5, 0.6) is 0 Å². The van der Waals surface area contributed by atoms with Gasteiger partial charge in [0.1, 0.15) is 12.1 Å². The molecule has 5 nitrogen and oxygen atoms in total. The molecule has 1 unspecified atom stereocenters. The van der Waals surface area contributed by atoms with Gasteiger partial charge in [-0.05, 0) is 25.1 Å². The number of halogens is 1. The fourth-order valence-corrected chi connectivity index (χ4v) is 3.73. The zero-order valence-corrected chi connectivity index (χ0v) is 14.7. The average Bonchev–Trinajstić information content (AvgIpc) is 3.28. The third-order valence-corrected chi connectivity index (χ3v) is 5.19. The number of fused-ring (bicyclic) bond motifs is 1. The Morgan fingerprint density at radius 1 is 1.19 bits per heavy atom. The number of H-pyrrole nitrogens is 1. The monoisotopic (exact) mass is 366 g/mol. The number of hydrogen-bond acceptors (Lipinski definition) is 4. The molecule has 2 aromatic carbocycles. The van der Waals surface area contributed by atoms with Crippen LogP contribution >= 0.6 is 11.8 Å². The highest BCUT2D eigenvalue weighted by atomic mass is 32.2. The lowest BCUT2D eigenvalue weighted by Gasteiger charge is -2.11. The van der Waals surface area contributed by atoms with Crippen LogP contribution in [0.3, 0.4) is 0 Å². The van der Waals surface area contributed by atoms with E-state index in [4.69, 9.17) is 0 Å². The van der Waals surface area contributed by atoms with Crippen molar-refractivity contribution in [1.82, 2.24) is 19.7 Å². The van der Waals surface area contributed by atoms with Gasteiger partial charge in [0, 0.05) is 22.7 Å². The summed E-state index contributed by atoms with van der Waals surface area (Å²) >= 11 is 1.25. The second kappa shape index (κ2) is 6.76. The summed E-state index contributed by atoms with van der Waals surface area (Å²) in [5.74, 6) is -0.389. The largest absolute Gasteiger partial charge is 0.360 e. The molecule has 0 saturated heterocycles. The number of aromatic nitrogens is 4. The van der Waals surface area contributed by atoms with E-state index in [1.807, 2.05) is 31.2 Å². The molecule has 0 aliphatic rings. The minimum absolute atomic E-state index is 0.0180. The number of thioether (sulfide) groups is 1. The van der Waals surface area contributed by atoms with Crippen LogP contribution in [0.4, 0.5) is 4.39 Å². The van der Waals surface area contributed by atoms with Crippen LogP contribution in [0.15, 0.2) is 66.2 Å². The molecule has 4 rings (SSSR count). The predicted molar refractivity (Wildman–Crippen MR) is 99.3 cm³/mol. The number of carbonyl (C=O) groups is 1. The molecular weight excluding hydrogens is 351 g/mol. The second-order valence-corrected chi connectivity index (χ2v) is 7.12. The van der Waals surface area contributed by atoms with E-state index in [1.54, 1.807) is 29.0 Å². The fraction of sp³-hybridized carbons (Fsp3) is 0.105. The van der Waals surface area contributed by atoms with Crippen molar-refractivity contribution >= 4 is 28.4 Å². The number of rotatable bonds is 5. The number of carbonyl (C=O) groups excluding carboxylic acids is 1. The van der Waals surface area contributed by atoms with Gasteiger partial charge in [-0.1, -0.05) is 42.1 Å². The quantitative estimate of drug-likeness (QED) is 0.424. The minimum Gasteiger partial charge on any atom is -0.360 e. The van der Waals surface area contributed by atoms with E-state index in [0.29, 0.717) is 16.4 Å². The number of para-hydroxylation sites is 2. The maximum absolute atomic E-state index is 14.1. The molecule has 7 heteroatoms. The van der Waals surface area contributed by atoms with E-state index in [0.717, 1.165) is 10.9 Å². The molecule has 0 bridgehead atoms. The number of nitrogens with one attached hydrogen (secondary N) is 1. The molecule has 1 atom stereocenters. The number of Topliss-reactive ketones (excluding diaryl/α,β-unsaturated/α-hetero) is 1. The average molecular weight is 366 g/mol. The van der Waals surface area contributed by atoms with Crippen molar-refractivity contribution in [3.8, 4) is 5.69 Å². The van der Waals surface area contributed by atoms with Crippen molar-refractivity contribution < 1.29 is 9.18 Å². The van der Waals surface area contributed by atoms with E-state index in [-0.39, 0.29) is 11.6 Å². The summed E-state index contributed by atoms with van der Waals surface area (Å²) in [5.41, 5.74) is 1.91. The van der Waals surface area contributed by atoms with Gasteiger partial charge in [-0.15, -0.1) is 10.2 Å². The molecule has 4 aromatic rings. The second-order valence-electron chi connectivity index (χ2n) is 5.81. The van der Waals surface area contributed by atoms with Crippen LogP contribution in [0, 0.1) is 5.82 Å². The maximum atomic E-state index is 14.1. The van der Waals surface area contributed by atoms with Gasteiger partial charge in [0.05, 0.1) is 10.9 Å². The van der Waals surface area contributed by atoms with E-state index in [9.17, 15) is 9.18 Å². The third kappa shape index (κ3) is 2.90. The van der Waals surface area contributed by atoms with E-state index in [1.165, 1.54) is 24.2 Å². The first-order chi connectivity index (χ1) is 12.6.